The van der Waals surface area contributed by atoms with Crippen molar-refractivity contribution < 1.29 is 18.8 Å². The zero-order valence-electron chi connectivity index (χ0n) is 20.0. The molecule has 3 saturated heterocycles. The van der Waals surface area contributed by atoms with Crippen molar-refractivity contribution in [2.75, 3.05) is 39.3 Å². The van der Waals surface area contributed by atoms with Gasteiger partial charge in [-0.05, 0) is 75.6 Å². The Morgan fingerprint density at radius 1 is 0.882 bits per heavy atom. The van der Waals surface area contributed by atoms with Crippen LogP contribution in [0.15, 0.2) is 24.3 Å². The maximum atomic E-state index is 13.9. The van der Waals surface area contributed by atoms with E-state index in [9.17, 15) is 18.8 Å². The molecule has 0 saturated carbocycles. The first kappa shape index (κ1) is 24.6. The van der Waals surface area contributed by atoms with Gasteiger partial charge in [0, 0.05) is 31.6 Å². The lowest BCUT2D eigenvalue weighted by Crippen LogP contribution is -2.53. The number of primary amides is 1. The van der Waals surface area contributed by atoms with Crippen LogP contribution in [0, 0.1) is 17.7 Å². The maximum absolute atomic E-state index is 13.9. The molecule has 2 N–H and O–H groups in total. The quantitative estimate of drug-likeness (QED) is 0.688. The van der Waals surface area contributed by atoms with E-state index in [1.54, 1.807) is 18.2 Å². The summed E-state index contributed by atoms with van der Waals surface area (Å²) in [6.45, 7) is 4.00. The van der Waals surface area contributed by atoms with Gasteiger partial charge in [-0.2, -0.15) is 0 Å². The molecule has 34 heavy (non-hydrogen) atoms. The second-order valence-corrected chi connectivity index (χ2v) is 10.1. The number of amides is 3. The molecule has 3 fully saturated rings. The summed E-state index contributed by atoms with van der Waals surface area (Å²) in [6.07, 6.45) is 6.48. The summed E-state index contributed by atoms with van der Waals surface area (Å²) in [4.78, 5) is 43.5. The summed E-state index contributed by atoms with van der Waals surface area (Å²) in [5, 5.41) is 0. The van der Waals surface area contributed by atoms with Gasteiger partial charge in [0.05, 0.1) is 13.0 Å². The molecule has 0 aliphatic carbocycles. The number of carbonyl (C=O) groups excluding carboxylic acids is 3. The Kier molecular flexibility index (Phi) is 8.19. The Morgan fingerprint density at radius 3 is 2.26 bits per heavy atom. The summed E-state index contributed by atoms with van der Waals surface area (Å²) in [7, 11) is 0. The number of rotatable bonds is 6. The third-order valence-corrected chi connectivity index (χ3v) is 7.95. The molecule has 3 amide bonds. The van der Waals surface area contributed by atoms with Gasteiger partial charge in [-0.25, -0.2) is 4.39 Å². The molecular weight excluding hydrogens is 435 g/mol. The van der Waals surface area contributed by atoms with Crippen molar-refractivity contribution in [3.63, 3.8) is 0 Å². The highest BCUT2D eigenvalue weighted by Crippen LogP contribution is 2.31. The average Bonchev–Trinajstić information content (AvgIpc) is 2.86. The third kappa shape index (κ3) is 5.95. The summed E-state index contributed by atoms with van der Waals surface area (Å²) in [6, 6.07) is 6.68. The molecule has 0 spiro atoms. The first-order valence-electron chi connectivity index (χ1n) is 12.7. The Bertz CT molecular complexity index is 879. The zero-order valence-corrected chi connectivity index (χ0v) is 20.0. The van der Waals surface area contributed by atoms with Crippen LogP contribution < -0.4 is 5.73 Å². The molecule has 0 aromatic heterocycles. The second kappa shape index (κ2) is 11.3. The molecule has 3 heterocycles. The molecule has 0 bridgehead atoms. The highest BCUT2D eigenvalue weighted by Gasteiger charge is 2.36. The van der Waals surface area contributed by atoms with Crippen molar-refractivity contribution in [2.45, 2.75) is 57.4 Å². The van der Waals surface area contributed by atoms with Crippen LogP contribution >= 0.6 is 0 Å². The number of nitrogens with zero attached hydrogens (tertiary/aromatic N) is 3. The molecule has 186 valence electrons. The number of hydrogen-bond donors (Lipinski definition) is 1. The topological polar surface area (TPSA) is 86.9 Å². The van der Waals surface area contributed by atoms with E-state index in [1.165, 1.54) is 6.07 Å². The van der Waals surface area contributed by atoms with Gasteiger partial charge in [0.1, 0.15) is 5.82 Å². The number of nitrogens with two attached hydrogens (primary N) is 1. The van der Waals surface area contributed by atoms with E-state index in [4.69, 9.17) is 5.73 Å². The molecule has 1 aromatic rings. The number of benzene rings is 1. The predicted octanol–water partition coefficient (Wildman–Crippen LogP) is 2.19. The van der Waals surface area contributed by atoms with Crippen LogP contribution in [0.3, 0.4) is 0 Å². The smallest absolute Gasteiger partial charge is 0.237 e. The highest BCUT2D eigenvalue weighted by molar-refractivity contribution is 5.80. The van der Waals surface area contributed by atoms with Crippen LogP contribution in [0.2, 0.25) is 0 Å². The molecular formula is C26H37FN4O3. The fourth-order valence-corrected chi connectivity index (χ4v) is 5.86. The molecule has 8 heteroatoms. The van der Waals surface area contributed by atoms with E-state index < -0.39 is 0 Å². The molecule has 3 aliphatic rings. The number of halogens is 1. The van der Waals surface area contributed by atoms with Crippen LogP contribution in [0.4, 0.5) is 4.39 Å². The predicted molar refractivity (Wildman–Crippen MR) is 127 cm³/mol. The fraction of sp³-hybridized carbons (Fsp3) is 0.654. The Hall–Kier alpha value is -2.48. The standard InChI is InChI=1S/C26H37FN4O3/c27-22-6-2-1-5-21(22)17-24(32)30-15-10-19(11-16-30)23-7-3-4-12-31(23)25(33)18-29-13-8-20(9-14-29)26(28)34/h1-2,5-6,19-20,23H,3-4,7-18H2,(H2,28,34)/t23-/m1/s1. The summed E-state index contributed by atoms with van der Waals surface area (Å²) >= 11 is 0. The van der Waals surface area contributed by atoms with Gasteiger partial charge >= 0.3 is 0 Å². The monoisotopic (exact) mass is 472 g/mol. The van der Waals surface area contributed by atoms with Crippen LogP contribution in [0.1, 0.15) is 50.5 Å². The van der Waals surface area contributed by atoms with Crippen LogP contribution in [0.5, 0.6) is 0 Å². The van der Waals surface area contributed by atoms with Crippen molar-refractivity contribution in [1.29, 1.82) is 0 Å². The lowest BCUT2D eigenvalue weighted by molar-refractivity contribution is -0.140. The highest BCUT2D eigenvalue weighted by atomic mass is 19.1. The summed E-state index contributed by atoms with van der Waals surface area (Å²) in [5.74, 6) is -0.0933. The van der Waals surface area contributed by atoms with Crippen molar-refractivity contribution in [3.05, 3.63) is 35.6 Å². The minimum atomic E-state index is -0.332. The molecule has 1 aromatic carbocycles. The van der Waals surface area contributed by atoms with Gasteiger partial charge in [0.15, 0.2) is 0 Å². The van der Waals surface area contributed by atoms with Gasteiger partial charge in [0.2, 0.25) is 17.7 Å². The normalized spacial score (nSPS) is 23.1. The lowest BCUT2D eigenvalue weighted by Gasteiger charge is -2.44. The van der Waals surface area contributed by atoms with Crippen molar-refractivity contribution in [2.24, 2.45) is 17.6 Å². The van der Waals surface area contributed by atoms with Crippen LogP contribution in [-0.4, -0.2) is 77.7 Å². The van der Waals surface area contributed by atoms with E-state index in [0.29, 0.717) is 31.1 Å². The van der Waals surface area contributed by atoms with Gasteiger partial charge in [-0.3, -0.25) is 19.3 Å². The van der Waals surface area contributed by atoms with Crippen molar-refractivity contribution in [3.8, 4) is 0 Å². The minimum absolute atomic E-state index is 0.0282. The van der Waals surface area contributed by atoms with Gasteiger partial charge in [0.25, 0.3) is 0 Å². The third-order valence-electron chi connectivity index (χ3n) is 7.95. The Balaban J connectivity index is 1.28. The Morgan fingerprint density at radius 2 is 1.59 bits per heavy atom. The Labute approximate surface area is 201 Å². The molecule has 0 unspecified atom stereocenters. The van der Waals surface area contributed by atoms with Crippen molar-refractivity contribution >= 4 is 17.7 Å². The molecule has 1 atom stereocenters. The minimum Gasteiger partial charge on any atom is -0.369 e. The lowest BCUT2D eigenvalue weighted by atomic mass is 9.83. The van der Waals surface area contributed by atoms with E-state index in [2.05, 4.69) is 9.80 Å². The van der Waals surface area contributed by atoms with Crippen LogP contribution in [0.25, 0.3) is 0 Å². The van der Waals surface area contributed by atoms with Gasteiger partial charge in [-0.1, -0.05) is 18.2 Å². The largest absolute Gasteiger partial charge is 0.369 e. The van der Waals surface area contributed by atoms with E-state index in [0.717, 1.165) is 64.6 Å². The summed E-state index contributed by atoms with van der Waals surface area (Å²) in [5.41, 5.74) is 5.87. The molecule has 0 radical (unpaired) electrons. The number of piperidine rings is 3. The second-order valence-electron chi connectivity index (χ2n) is 10.1. The number of carbonyl (C=O) groups is 3. The number of hydrogen-bond acceptors (Lipinski definition) is 4. The SMILES string of the molecule is NC(=O)C1CCN(CC(=O)N2CCCC[C@@H]2C2CCN(C(=O)Cc3ccccc3F)CC2)CC1. The fourth-order valence-electron chi connectivity index (χ4n) is 5.86. The van der Waals surface area contributed by atoms with Crippen LogP contribution in [-0.2, 0) is 20.8 Å². The first-order valence-corrected chi connectivity index (χ1v) is 12.7. The molecule has 3 aliphatic heterocycles. The van der Waals surface area contributed by atoms with E-state index >= 15 is 0 Å². The molecule has 7 nitrogen and oxygen atoms in total. The average molecular weight is 473 g/mol. The zero-order chi connectivity index (χ0) is 24.1. The van der Waals surface area contributed by atoms with Gasteiger partial charge < -0.3 is 15.5 Å². The van der Waals surface area contributed by atoms with E-state index in [-0.39, 0.29) is 41.9 Å². The number of likely N-dealkylation sites (tertiary alicyclic amines) is 3. The van der Waals surface area contributed by atoms with Gasteiger partial charge in [-0.15, -0.1) is 0 Å². The van der Waals surface area contributed by atoms with E-state index in [1.807, 2.05) is 4.90 Å². The molecule has 4 rings (SSSR count). The maximum Gasteiger partial charge on any atom is 0.237 e. The van der Waals surface area contributed by atoms with Crippen molar-refractivity contribution in [1.82, 2.24) is 14.7 Å². The first-order chi connectivity index (χ1) is 16.4. The summed E-state index contributed by atoms with van der Waals surface area (Å²) < 4.78 is 13.9.